The molecule has 0 atom stereocenters. The number of carboxylic acid groups (broad SMARTS) is 1. The average molecular weight is 168 g/mol. The fraction of sp³-hybridized carbons (Fsp3) is 0.375. The quantitative estimate of drug-likeness (QED) is 0.551. The molecule has 0 saturated heterocycles. The molecule has 0 saturated carbocycles. The number of rotatable bonds is 0. The molecule has 0 unspecified atom stereocenters. The standard InChI is InChI=1S/C8H8O2S/c9-8(10)4-3-7-2-1-5-11-6-7/h2H,1,5-6H2,(H,9,10). The van der Waals surface area contributed by atoms with Crippen LogP contribution in [0.5, 0.6) is 0 Å². The zero-order chi connectivity index (χ0) is 8.10. The Hall–Kier alpha value is -0.880. The van der Waals surface area contributed by atoms with Gasteiger partial charge in [0.15, 0.2) is 0 Å². The van der Waals surface area contributed by atoms with Gasteiger partial charge in [-0.1, -0.05) is 12.0 Å². The predicted octanol–water partition coefficient (Wildman–Crippen LogP) is 1.14. The summed E-state index contributed by atoms with van der Waals surface area (Å²) in [6.45, 7) is 0. The van der Waals surface area contributed by atoms with Crippen molar-refractivity contribution >= 4 is 17.7 Å². The van der Waals surface area contributed by atoms with Gasteiger partial charge in [-0.25, -0.2) is 4.79 Å². The van der Waals surface area contributed by atoms with Crippen LogP contribution < -0.4 is 0 Å². The van der Waals surface area contributed by atoms with E-state index in [1.54, 1.807) is 11.8 Å². The summed E-state index contributed by atoms with van der Waals surface area (Å²) in [5, 5.41) is 8.24. The highest BCUT2D eigenvalue weighted by Gasteiger charge is 1.99. The third-order valence-corrected chi connectivity index (χ3v) is 2.28. The van der Waals surface area contributed by atoms with Crippen molar-refractivity contribution in [3.63, 3.8) is 0 Å². The predicted molar refractivity (Wildman–Crippen MR) is 45.4 cm³/mol. The average Bonchev–Trinajstić information content (AvgIpc) is 2.03. The Bertz CT molecular complexity index is 245. The van der Waals surface area contributed by atoms with Crippen molar-refractivity contribution < 1.29 is 9.90 Å². The van der Waals surface area contributed by atoms with E-state index >= 15 is 0 Å². The highest BCUT2D eigenvalue weighted by Crippen LogP contribution is 2.15. The molecule has 0 amide bonds. The van der Waals surface area contributed by atoms with E-state index in [2.05, 4.69) is 11.8 Å². The van der Waals surface area contributed by atoms with Gasteiger partial charge in [0.05, 0.1) is 0 Å². The van der Waals surface area contributed by atoms with E-state index < -0.39 is 5.97 Å². The molecule has 3 heteroatoms. The van der Waals surface area contributed by atoms with Crippen molar-refractivity contribution in [2.45, 2.75) is 6.42 Å². The Morgan fingerprint density at radius 2 is 2.55 bits per heavy atom. The second-order valence-corrected chi connectivity index (χ2v) is 3.23. The van der Waals surface area contributed by atoms with Crippen molar-refractivity contribution in [1.29, 1.82) is 0 Å². The second-order valence-electron chi connectivity index (χ2n) is 2.13. The van der Waals surface area contributed by atoms with Crippen molar-refractivity contribution in [2.75, 3.05) is 11.5 Å². The van der Waals surface area contributed by atoms with Crippen LogP contribution in [0.1, 0.15) is 6.42 Å². The third-order valence-electron chi connectivity index (χ3n) is 1.24. The minimum absolute atomic E-state index is 0.861. The van der Waals surface area contributed by atoms with Crippen LogP contribution >= 0.6 is 11.8 Å². The summed E-state index contributed by atoms with van der Waals surface area (Å²) in [5.41, 5.74) is 0.948. The van der Waals surface area contributed by atoms with Gasteiger partial charge >= 0.3 is 5.97 Å². The number of thioether (sulfide) groups is 1. The van der Waals surface area contributed by atoms with E-state index in [-0.39, 0.29) is 0 Å². The van der Waals surface area contributed by atoms with Crippen LogP contribution in [0.25, 0.3) is 0 Å². The maximum absolute atomic E-state index is 10.0. The molecule has 2 nitrogen and oxygen atoms in total. The summed E-state index contributed by atoms with van der Waals surface area (Å²) >= 11 is 1.79. The van der Waals surface area contributed by atoms with Gasteiger partial charge in [0, 0.05) is 17.2 Å². The fourth-order valence-corrected chi connectivity index (χ4v) is 1.62. The van der Waals surface area contributed by atoms with Crippen LogP contribution in [-0.2, 0) is 4.79 Å². The first kappa shape index (κ1) is 8.22. The molecule has 0 aromatic rings. The molecule has 58 valence electrons. The van der Waals surface area contributed by atoms with Crippen LogP contribution in [0.4, 0.5) is 0 Å². The van der Waals surface area contributed by atoms with E-state index in [1.165, 1.54) is 0 Å². The number of allylic oxidation sites excluding steroid dienone is 1. The van der Waals surface area contributed by atoms with Gasteiger partial charge in [-0.2, -0.15) is 11.8 Å². The van der Waals surface area contributed by atoms with Crippen LogP contribution in [-0.4, -0.2) is 22.6 Å². The highest BCUT2D eigenvalue weighted by molar-refractivity contribution is 7.99. The van der Waals surface area contributed by atoms with E-state index in [4.69, 9.17) is 5.11 Å². The molecule has 1 aliphatic heterocycles. The Kier molecular flexibility index (Phi) is 3.06. The zero-order valence-electron chi connectivity index (χ0n) is 5.96. The lowest BCUT2D eigenvalue weighted by Gasteiger charge is -2.05. The molecule has 11 heavy (non-hydrogen) atoms. The number of carbonyl (C=O) groups is 1. The second kappa shape index (κ2) is 4.09. The van der Waals surface area contributed by atoms with E-state index in [0.717, 1.165) is 23.5 Å². The van der Waals surface area contributed by atoms with Gasteiger partial charge in [-0.3, -0.25) is 0 Å². The molecule has 0 bridgehead atoms. The molecule has 1 N–H and O–H groups in total. The minimum Gasteiger partial charge on any atom is -0.472 e. The molecular weight excluding hydrogens is 160 g/mol. The summed E-state index contributed by atoms with van der Waals surface area (Å²) < 4.78 is 0. The Labute approximate surface area is 69.7 Å². The first-order chi connectivity index (χ1) is 5.29. The van der Waals surface area contributed by atoms with E-state index in [9.17, 15) is 4.79 Å². The molecule has 0 fully saturated rings. The molecule has 0 spiro atoms. The maximum Gasteiger partial charge on any atom is 0.382 e. The first-order valence-corrected chi connectivity index (χ1v) is 4.46. The lowest BCUT2D eigenvalue weighted by Crippen LogP contribution is -1.95. The molecule has 1 rings (SSSR count). The zero-order valence-corrected chi connectivity index (χ0v) is 6.78. The molecule has 1 heterocycles. The Morgan fingerprint density at radius 3 is 3.09 bits per heavy atom. The molecular formula is C8H8O2S. The maximum atomic E-state index is 10.0. The summed E-state index contributed by atoms with van der Waals surface area (Å²) in [6, 6.07) is 0. The lowest BCUT2D eigenvalue weighted by molar-refractivity contribution is -0.130. The number of carboxylic acids is 1. The molecule has 0 aromatic carbocycles. The summed E-state index contributed by atoms with van der Waals surface area (Å²) in [7, 11) is 0. The Balaban J connectivity index is 2.56. The van der Waals surface area contributed by atoms with Gasteiger partial charge in [0.25, 0.3) is 0 Å². The van der Waals surface area contributed by atoms with Crippen molar-refractivity contribution in [3.8, 4) is 11.8 Å². The first-order valence-electron chi connectivity index (χ1n) is 3.31. The molecule has 0 aromatic heterocycles. The number of hydrogen-bond acceptors (Lipinski definition) is 2. The van der Waals surface area contributed by atoms with Crippen LogP contribution in [0.2, 0.25) is 0 Å². The summed E-state index contributed by atoms with van der Waals surface area (Å²) in [5.74, 6) is 5.64. The van der Waals surface area contributed by atoms with Gasteiger partial charge in [0.1, 0.15) is 0 Å². The largest absolute Gasteiger partial charge is 0.472 e. The van der Waals surface area contributed by atoms with Crippen LogP contribution in [0.3, 0.4) is 0 Å². The molecule has 0 radical (unpaired) electrons. The van der Waals surface area contributed by atoms with Crippen LogP contribution in [0.15, 0.2) is 11.6 Å². The van der Waals surface area contributed by atoms with Crippen molar-refractivity contribution in [3.05, 3.63) is 11.6 Å². The van der Waals surface area contributed by atoms with Crippen molar-refractivity contribution in [2.24, 2.45) is 0 Å². The molecule has 0 aliphatic carbocycles. The van der Waals surface area contributed by atoms with Gasteiger partial charge < -0.3 is 5.11 Å². The van der Waals surface area contributed by atoms with E-state index in [1.807, 2.05) is 6.08 Å². The molecule has 1 aliphatic rings. The minimum atomic E-state index is -1.05. The van der Waals surface area contributed by atoms with Crippen LogP contribution in [0, 0.1) is 11.8 Å². The third kappa shape index (κ3) is 3.15. The summed E-state index contributed by atoms with van der Waals surface area (Å²) in [6.07, 6.45) is 3.01. The van der Waals surface area contributed by atoms with Crippen molar-refractivity contribution in [1.82, 2.24) is 0 Å². The lowest BCUT2D eigenvalue weighted by atomic mass is 10.2. The topological polar surface area (TPSA) is 37.3 Å². The van der Waals surface area contributed by atoms with Gasteiger partial charge in [-0.15, -0.1) is 0 Å². The monoisotopic (exact) mass is 168 g/mol. The fourth-order valence-electron chi connectivity index (χ4n) is 0.778. The highest BCUT2D eigenvalue weighted by atomic mass is 32.2. The summed E-state index contributed by atoms with van der Waals surface area (Å²) in [4.78, 5) is 10.0. The smallest absolute Gasteiger partial charge is 0.382 e. The van der Waals surface area contributed by atoms with Gasteiger partial charge in [-0.05, 0) is 12.2 Å². The van der Waals surface area contributed by atoms with E-state index in [0.29, 0.717) is 0 Å². The SMILES string of the molecule is O=C(O)C#CC1=CCCSC1. The Morgan fingerprint density at radius 1 is 1.73 bits per heavy atom. The van der Waals surface area contributed by atoms with Gasteiger partial charge in [0.2, 0.25) is 0 Å². The normalized spacial score (nSPS) is 16.2. The number of hydrogen-bond donors (Lipinski definition) is 1. The number of aliphatic carboxylic acids is 1.